The van der Waals surface area contributed by atoms with Gasteiger partial charge in [0.2, 0.25) is 0 Å². The molecule has 1 fully saturated rings. The molecule has 2 atom stereocenters. The van der Waals surface area contributed by atoms with Crippen LogP contribution in [-0.4, -0.2) is 54.3 Å². The maximum absolute atomic E-state index is 13.2. The standard InChI is InChI=1S/C22H25NO6/c1-3-27-19-11-17(9-10-18(19)29-14-21(24)25)22(26)23-12-20(28-13-15(23)2)16-7-5-4-6-8-16/h4-11,15,20H,3,12-14H2,1-2H3,(H,24,25)/t15-,20+/m1/s1. The zero-order chi connectivity index (χ0) is 20.8. The lowest BCUT2D eigenvalue weighted by molar-refractivity contribution is -0.139. The summed E-state index contributed by atoms with van der Waals surface area (Å²) >= 11 is 0. The van der Waals surface area contributed by atoms with Gasteiger partial charge in [0, 0.05) is 5.56 Å². The minimum Gasteiger partial charge on any atom is -0.490 e. The van der Waals surface area contributed by atoms with Gasteiger partial charge in [0.1, 0.15) is 6.10 Å². The molecule has 0 spiro atoms. The molecule has 1 saturated heterocycles. The zero-order valence-electron chi connectivity index (χ0n) is 16.5. The van der Waals surface area contributed by atoms with Crippen molar-refractivity contribution in [3.05, 3.63) is 59.7 Å². The van der Waals surface area contributed by atoms with Gasteiger partial charge >= 0.3 is 5.97 Å². The Hall–Kier alpha value is -3.06. The number of ether oxygens (including phenoxy) is 3. The lowest BCUT2D eigenvalue weighted by Gasteiger charge is -2.38. The summed E-state index contributed by atoms with van der Waals surface area (Å²) in [5.41, 5.74) is 1.49. The zero-order valence-corrected chi connectivity index (χ0v) is 16.5. The lowest BCUT2D eigenvalue weighted by Crippen LogP contribution is -2.48. The maximum atomic E-state index is 13.2. The van der Waals surface area contributed by atoms with Crippen molar-refractivity contribution in [2.45, 2.75) is 26.0 Å². The van der Waals surface area contributed by atoms with E-state index in [-0.39, 0.29) is 18.1 Å². The lowest BCUT2D eigenvalue weighted by atomic mass is 10.0. The predicted octanol–water partition coefficient (Wildman–Crippen LogP) is 3.15. The van der Waals surface area contributed by atoms with E-state index in [1.807, 2.05) is 44.2 Å². The van der Waals surface area contributed by atoms with Crippen LogP contribution in [0.4, 0.5) is 0 Å². The largest absolute Gasteiger partial charge is 0.490 e. The van der Waals surface area contributed by atoms with Gasteiger partial charge in [-0.1, -0.05) is 30.3 Å². The van der Waals surface area contributed by atoms with E-state index in [0.29, 0.717) is 36.8 Å². The average Bonchev–Trinajstić information content (AvgIpc) is 2.73. The molecule has 0 aromatic heterocycles. The monoisotopic (exact) mass is 399 g/mol. The number of carbonyl (C=O) groups excluding carboxylic acids is 1. The number of morpholine rings is 1. The van der Waals surface area contributed by atoms with Crippen molar-refractivity contribution in [2.75, 3.05) is 26.4 Å². The first-order valence-electron chi connectivity index (χ1n) is 9.58. The third-order valence-electron chi connectivity index (χ3n) is 4.71. The second-order valence-corrected chi connectivity index (χ2v) is 6.82. The molecule has 1 amide bonds. The molecule has 0 aliphatic carbocycles. The third-order valence-corrected chi connectivity index (χ3v) is 4.71. The van der Waals surface area contributed by atoms with Gasteiger partial charge in [0.15, 0.2) is 18.1 Å². The highest BCUT2D eigenvalue weighted by Gasteiger charge is 2.31. The van der Waals surface area contributed by atoms with Crippen LogP contribution in [0.3, 0.4) is 0 Å². The van der Waals surface area contributed by atoms with Gasteiger partial charge < -0.3 is 24.2 Å². The van der Waals surface area contributed by atoms with Crippen molar-refractivity contribution in [1.29, 1.82) is 0 Å². The topological polar surface area (TPSA) is 85.3 Å². The summed E-state index contributed by atoms with van der Waals surface area (Å²) in [7, 11) is 0. The smallest absolute Gasteiger partial charge is 0.341 e. The molecule has 1 aliphatic heterocycles. The van der Waals surface area contributed by atoms with Gasteiger partial charge in [0.25, 0.3) is 5.91 Å². The number of hydrogen-bond acceptors (Lipinski definition) is 5. The summed E-state index contributed by atoms with van der Waals surface area (Å²) in [5, 5.41) is 8.82. The first-order valence-corrected chi connectivity index (χ1v) is 9.58. The number of carboxylic acids is 1. The Morgan fingerprint density at radius 3 is 2.59 bits per heavy atom. The molecule has 7 nitrogen and oxygen atoms in total. The number of nitrogens with zero attached hydrogens (tertiary/aromatic N) is 1. The summed E-state index contributed by atoms with van der Waals surface area (Å²) < 4.78 is 16.7. The first kappa shape index (κ1) is 20.7. The molecule has 0 saturated carbocycles. The van der Waals surface area contributed by atoms with Crippen LogP contribution in [0.15, 0.2) is 48.5 Å². The highest BCUT2D eigenvalue weighted by atomic mass is 16.5. The van der Waals surface area contributed by atoms with Crippen LogP contribution in [0.25, 0.3) is 0 Å². The Labute approximate surface area is 169 Å². The van der Waals surface area contributed by atoms with Crippen LogP contribution in [0.1, 0.15) is 35.9 Å². The molecule has 1 N–H and O–H groups in total. The van der Waals surface area contributed by atoms with Gasteiger partial charge in [-0.25, -0.2) is 4.79 Å². The summed E-state index contributed by atoms with van der Waals surface area (Å²) in [6.07, 6.45) is -0.180. The highest BCUT2D eigenvalue weighted by molar-refractivity contribution is 5.95. The molecule has 0 unspecified atom stereocenters. The first-order chi connectivity index (χ1) is 14.0. The Balaban J connectivity index is 1.80. The van der Waals surface area contributed by atoms with Gasteiger partial charge in [-0.05, 0) is 37.6 Å². The van der Waals surface area contributed by atoms with Gasteiger partial charge in [-0.3, -0.25) is 4.79 Å². The van der Waals surface area contributed by atoms with Crippen LogP contribution in [0, 0.1) is 0 Å². The Kier molecular flexibility index (Phi) is 6.72. The minimum absolute atomic E-state index is 0.0686. The van der Waals surface area contributed by atoms with E-state index >= 15 is 0 Å². The predicted molar refractivity (Wildman–Crippen MR) is 106 cm³/mol. The van der Waals surface area contributed by atoms with Gasteiger partial charge in [-0.2, -0.15) is 0 Å². The van der Waals surface area contributed by atoms with Crippen LogP contribution < -0.4 is 9.47 Å². The van der Waals surface area contributed by atoms with Crippen LogP contribution in [-0.2, 0) is 9.53 Å². The van der Waals surface area contributed by atoms with E-state index in [0.717, 1.165) is 5.56 Å². The van der Waals surface area contributed by atoms with Gasteiger partial charge in [-0.15, -0.1) is 0 Å². The normalized spacial score (nSPS) is 18.9. The number of benzene rings is 2. The minimum atomic E-state index is -1.08. The Bertz CT molecular complexity index is 854. The van der Waals surface area contributed by atoms with E-state index in [1.54, 1.807) is 23.1 Å². The summed E-state index contributed by atoms with van der Waals surface area (Å²) in [5.74, 6) is -0.572. The van der Waals surface area contributed by atoms with Crippen LogP contribution >= 0.6 is 0 Å². The molecule has 1 heterocycles. The average molecular weight is 399 g/mol. The second kappa shape index (κ2) is 9.43. The molecule has 3 rings (SSSR count). The van der Waals surface area contributed by atoms with E-state index in [2.05, 4.69) is 0 Å². The second-order valence-electron chi connectivity index (χ2n) is 6.82. The molecule has 2 aromatic carbocycles. The quantitative estimate of drug-likeness (QED) is 0.770. The number of carbonyl (C=O) groups is 2. The summed E-state index contributed by atoms with van der Waals surface area (Å²) in [6.45, 7) is 4.54. The molecule has 7 heteroatoms. The molecule has 0 radical (unpaired) electrons. The van der Waals surface area contributed by atoms with E-state index in [1.165, 1.54) is 0 Å². The molecule has 154 valence electrons. The number of aliphatic carboxylic acids is 1. The maximum Gasteiger partial charge on any atom is 0.341 e. The fraction of sp³-hybridized carbons (Fsp3) is 0.364. The summed E-state index contributed by atoms with van der Waals surface area (Å²) in [6, 6.07) is 14.6. The highest BCUT2D eigenvalue weighted by Crippen LogP contribution is 2.31. The van der Waals surface area contributed by atoms with Crippen LogP contribution in [0.2, 0.25) is 0 Å². The van der Waals surface area contributed by atoms with Crippen molar-refractivity contribution in [2.24, 2.45) is 0 Å². The number of amides is 1. The molecule has 0 bridgehead atoms. The Morgan fingerprint density at radius 2 is 1.90 bits per heavy atom. The fourth-order valence-electron chi connectivity index (χ4n) is 3.24. The Morgan fingerprint density at radius 1 is 1.14 bits per heavy atom. The number of carboxylic acid groups (broad SMARTS) is 1. The summed E-state index contributed by atoms with van der Waals surface area (Å²) in [4.78, 5) is 25.8. The van der Waals surface area contributed by atoms with E-state index < -0.39 is 12.6 Å². The van der Waals surface area contributed by atoms with E-state index in [4.69, 9.17) is 19.3 Å². The molecular formula is C22H25NO6. The van der Waals surface area contributed by atoms with Crippen molar-refractivity contribution < 1.29 is 28.9 Å². The molecule has 29 heavy (non-hydrogen) atoms. The van der Waals surface area contributed by atoms with Crippen LogP contribution in [0.5, 0.6) is 11.5 Å². The number of hydrogen-bond donors (Lipinski definition) is 1. The number of rotatable bonds is 7. The van der Waals surface area contributed by atoms with Crippen molar-refractivity contribution in [1.82, 2.24) is 4.90 Å². The van der Waals surface area contributed by atoms with E-state index in [9.17, 15) is 9.59 Å². The van der Waals surface area contributed by atoms with Crippen molar-refractivity contribution in [3.63, 3.8) is 0 Å². The SMILES string of the molecule is CCOc1cc(C(=O)N2C[C@@H](c3ccccc3)OC[C@H]2C)ccc1OCC(=O)O. The molecular weight excluding hydrogens is 374 g/mol. The molecule has 2 aromatic rings. The molecule has 1 aliphatic rings. The van der Waals surface area contributed by atoms with Gasteiger partial charge in [0.05, 0.1) is 25.8 Å². The third kappa shape index (κ3) is 5.06. The van der Waals surface area contributed by atoms with Crippen molar-refractivity contribution >= 4 is 11.9 Å². The fourth-order valence-corrected chi connectivity index (χ4v) is 3.24. The van der Waals surface area contributed by atoms with Crippen molar-refractivity contribution in [3.8, 4) is 11.5 Å².